The van der Waals surface area contributed by atoms with Crippen molar-refractivity contribution in [2.75, 3.05) is 37.9 Å². The smallest absolute Gasteiger partial charge is 0.244 e. The second-order valence-electron chi connectivity index (χ2n) is 9.38. The Hall–Kier alpha value is -3.27. The molecule has 2 rings (SSSR count). The summed E-state index contributed by atoms with van der Waals surface area (Å²) in [7, 11) is -0.875. The third-order valence-corrected chi connectivity index (χ3v) is 6.97. The Morgan fingerprint density at radius 1 is 1.05 bits per heavy atom. The average molecular weight is 534 g/mol. The maximum atomic E-state index is 13.8. The van der Waals surface area contributed by atoms with Crippen LogP contribution in [0.2, 0.25) is 0 Å². The number of nitrogens with one attached hydrogen (secondary N) is 1. The van der Waals surface area contributed by atoms with E-state index in [0.717, 1.165) is 21.7 Å². The van der Waals surface area contributed by atoms with Gasteiger partial charge in [-0.3, -0.25) is 13.9 Å². The molecule has 0 spiro atoms. The molecule has 1 unspecified atom stereocenters. The van der Waals surface area contributed by atoms with Crippen LogP contribution in [-0.4, -0.2) is 64.7 Å². The zero-order valence-electron chi connectivity index (χ0n) is 22.8. The summed E-state index contributed by atoms with van der Waals surface area (Å²) in [6.45, 7) is 7.70. The van der Waals surface area contributed by atoms with E-state index in [4.69, 9.17) is 9.47 Å². The Morgan fingerprint density at radius 2 is 1.76 bits per heavy atom. The van der Waals surface area contributed by atoms with E-state index in [1.807, 2.05) is 33.8 Å². The first kappa shape index (κ1) is 30.0. The topological polar surface area (TPSA) is 105 Å². The van der Waals surface area contributed by atoms with Crippen molar-refractivity contribution >= 4 is 27.5 Å². The fraction of sp³-hybridized carbons (Fsp3) is 0.481. The molecule has 204 valence electrons. The first-order valence-corrected chi connectivity index (χ1v) is 14.1. The number of sulfonamides is 1. The minimum atomic E-state index is -3.87. The van der Waals surface area contributed by atoms with Gasteiger partial charge in [-0.1, -0.05) is 39.0 Å². The lowest BCUT2D eigenvalue weighted by atomic mass is 10.1. The summed E-state index contributed by atoms with van der Waals surface area (Å²) < 4.78 is 37.5. The molecule has 0 heterocycles. The van der Waals surface area contributed by atoms with Crippen molar-refractivity contribution in [3.63, 3.8) is 0 Å². The Kier molecular flexibility index (Phi) is 10.8. The molecular weight excluding hydrogens is 494 g/mol. The van der Waals surface area contributed by atoms with Crippen LogP contribution in [0.5, 0.6) is 11.5 Å². The molecule has 0 bridgehead atoms. The van der Waals surface area contributed by atoms with Gasteiger partial charge in [0.2, 0.25) is 21.8 Å². The summed E-state index contributed by atoms with van der Waals surface area (Å²) in [4.78, 5) is 28.4. The number of carbonyl (C=O) groups excluding carboxylic acids is 2. The predicted octanol–water partition coefficient (Wildman–Crippen LogP) is 3.36. The van der Waals surface area contributed by atoms with Gasteiger partial charge < -0.3 is 19.7 Å². The number of anilines is 1. The molecular formula is C27H39N3O6S. The highest BCUT2D eigenvalue weighted by Crippen LogP contribution is 2.31. The molecule has 2 amide bonds. The van der Waals surface area contributed by atoms with Crippen LogP contribution >= 0.6 is 0 Å². The maximum absolute atomic E-state index is 13.8. The number of ether oxygens (including phenoxy) is 2. The average Bonchev–Trinajstić information content (AvgIpc) is 2.85. The van der Waals surface area contributed by atoms with E-state index in [9.17, 15) is 18.0 Å². The first-order valence-electron chi connectivity index (χ1n) is 12.2. The fourth-order valence-corrected chi connectivity index (χ4v) is 4.74. The van der Waals surface area contributed by atoms with Gasteiger partial charge in [-0.15, -0.1) is 0 Å². The quantitative estimate of drug-likeness (QED) is 0.423. The van der Waals surface area contributed by atoms with Crippen molar-refractivity contribution in [1.82, 2.24) is 10.2 Å². The lowest BCUT2D eigenvalue weighted by Crippen LogP contribution is -2.52. The minimum Gasteiger partial charge on any atom is -0.497 e. The monoisotopic (exact) mass is 533 g/mol. The van der Waals surface area contributed by atoms with Gasteiger partial charge in [-0.2, -0.15) is 0 Å². The SMILES string of the molecule is CCC(C(=O)NCC(C)C)N(Cc1cccc(OC)c1)C(=O)CN(c1cc(C)ccc1OC)S(C)(=O)=O. The van der Waals surface area contributed by atoms with Gasteiger partial charge >= 0.3 is 0 Å². The summed E-state index contributed by atoms with van der Waals surface area (Å²) >= 11 is 0. The molecule has 0 aromatic heterocycles. The van der Waals surface area contributed by atoms with Gasteiger partial charge in [0.05, 0.1) is 26.2 Å². The summed E-state index contributed by atoms with van der Waals surface area (Å²) in [5, 5.41) is 2.91. The van der Waals surface area contributed by atoms with Crippen molar-refractivity contribution in [2.24, 2.45) is 5.92 Å². The van der Waals surface area contributed by atoms with Crippen LogP contribution in [0, 0.1) is 12.8 Å². The van der Waals surface area contributed by atoms with Crippen LogP contribution in [0.3, 0.4) is 0 Å². The minimum absolute atomic E-state index is 0.103. The summed E-state index contributed by atoms with van der Waals surface area (Å²) in [5.41, 5.74) is 1.82. The van der Waals surface area contributed by atoms with Crippen LogP contribution < -0.4 is 19.1 Å². The van der Waals surface area contributed by atoms with Gasteiger partial charge in [0.25, 0.3) is 0 Å². The van der Waals surface area contributed by atoms with Crippen LogP contribution in [-0.2, 0) is 26.2 Å². The molecule has 2 aromatic rings. The summed E-state index contributed by atoms with van der Waals surface area (Å²) in [6, 6.07) is 11.5. The van der Waals surface area contributed by atoms with Gasteiger partial charge in [0.15, 0.2) is 0 Å². The molecule has 0 aliphatic rings. The third kappa shape index (κ3) is 8.38. The lowest BCUT2D eigenvalue weighted by Gasteiger charge is -2.33. The van der Waals surface area contributed by atoms with Gasteiger partial charge in [0, 0.05) is 13.1 Å². The van der Waals surface area contributed by atoms with Crippen molar-refractivity contribution in [3.05, 3.63) is 53.6 Å². The highest BCUT2D eigenvalue weighted by atomic mass is 32.2. The van der Waals surface area contributed by atoms with Gasteiger partial charge in [0.1, 0.15) is 24.1 Å². The Bertz CT molecular complexity index is 1180. The zero-order valence-corrected chi connectivity index (χ0v) is 23.6. The van der Waals surface area contributed by atoms with Gasteiger partial charge in [-0.05, 0) is 54.7 Å². The molecule has 0 saturated carbocycles. The lowest BCUT2D eigenvalue weighted by molar-refractivity contribution is -0.140. The molecule has 10 heteroatoms. The number of aryl methyl sites for hydroxylation is 1. The zero-order chi connectivity index (χ0) is 27.8. The molecule has 1 N–H and O–H groups in total. The number of hydrogen-bond acceptors (Lipinski definition) is 6. The largest absolute Gasteiger partial charge is 0.497 e. The van der Waals surface area contributed by atoms with E-state index >= 15 is 0 Å². The second-order valence-corrected chi connectivity index (χ2v) is 11.3. The summed E-state index contributed by atoms with van der Waals surface area (Å²) in [6.07, 6.45) is 1.40. The van der Waals surface area contributed by atoms with E-state index in [-0.39, 0.29) is 24.1 Å². The molecule has 0 saturated heterocycles. The van der Waals surface area contributed by atoms with Crippen LogP contribution in [0.25, 0.3) is 0 Å². The van der Waals surface area contributed by atoms with E-state index < -0.39 is 28.5 Å². The molecule has 1 atom stereocenters. The molecule has 37 heavy (non-hydrogen) atoms. The highest BCUT2D eigenvalue weighted by molar-refractivity contribution is 7.92. The molecule has 0 fully saturated rings. The number of rotatable bonds is 13. The molecule has 9 nitrogen and oxygen atoms in total. The van der Waals surface area contributed by atoms with E-state index in [1.54, 1.807) is 43.5 Å². The maximum Gasteiger partial charge on any atom is 0.244 e. The Balaban J connectivity index is 2.51. The highest BCUT2D eigenvalue weighted by Gasteiger charge is 2.32. The van der Waals surface area contributed by atoms with Crippen molar-refractivity contribution in [3.8, 4) is 11.5 Å². The Morgan fingerprint density at radius 3 is 2.32 bits per heavy atom. The second kappa shape index (κ2) is 13.3. The van der Waals surface area contributed by atoms with Crippen LogP contribution in [0.4, 0.5) is 5.69 Å². The van der Waals surface area contributed by atoms with E-state index in [2.05, 4.69) is 5.32 Å². The van der Waals surface area contributed by atoms with Crippen LogP contribution in [0.1, 0.15) is 38.3 Å². The summed E-state index contributed by atoms with van der Waals surface area (Å²) in [5.74, 6) is 0.377. The number of methoxy groups -OCH3 is 2. The standard InChI is InChI=1S/C27H39N3O6S/c1-8-23(27(32)28-16-19(2)3)29(17-21-10-9-11-22(15-21)35-5)26(31)18-30(37(7,33)34)24-14-20(4)12-13-25(24)36-6/h9-15,19,23H,8,16-18H2,1-7H3,(H,28,32). The molecule has 0 aliphatic carbocycles. The van der Waals surface area contributed by atoms with Gasteiger partial charge in [-0.25, -0.2) is 8.42 Å². The van der Waals surface area contributed by atoms with E-state index in [1.165, 1.54) is 12.0 Å². The van der Waals surface area contributed by atoms with Crippen molar-refractivity contribution < 1.29 is 27.5 Å². The number of hydrogen-bond donors (Lipinski definition) is 1. The number of carbonyl (C=O) groups is 2. The number of benzene rings is 2. The first-order chi connectivity index (χ1) is 17.4. The molecule has 0 aliphatic heterocycles. The van der Waals surface area contributed by atoms with E-state index in [0.29, 0.717) is 24.5 Å². The normalized spacial score (nSPS) is 12.1. The van der Waals surface area contributed by atoms with Crippen molar-refractivity contribution in [1.29, 1.82) is 0 Å². The third-order valence-electron chi connectivity index (χ3n) is 5.84. The Labute approximate surface area is 220 Å². The molecule has 2 aromatic carbocycles. The number of amides is 2. The predicted molar refractivity (Wildman–Crippen MR) is 145 cm³/mol. The van der Waals surface area contributed by atoms with Crippen LogP contribution in [0.15, 0.2) is 42.5 Å². The molecule has 0 radical (unpaired) electrons. The van der Waals surface area contributed by atoms with Crippen molar-refractivity contribution in [2.45, 2.75) is 46.7 Å². The fourth-order valence-electron chi connectivity index (χ4n) is 3.90. The number of nitrogens with zero attached hydrogens (tertiary/aromatic N) is 2.